The molecule has 0 rings (SSSR count). The summed E-state index contributed by atoms with van der Waals surface area (Å²) in [6, 6.07) is -0.542. The van der Waals surface area contributed by atoms with E-state index in [1.54, 1.807) is 0 Å². The number of carbonyl (C=O) groups is 2. The molecule has 0 aromatic heterocycles. The number of aliphatic hydroxyl groups is 2. The van der Waals surface area contributed by atoms with E-state index >= 15 is 0 Å². The van der Waals surface area contributed by atoms with Crippen LogP contribution in [0.1, 0.15) is 373 Å². The second kappa shape index (κ2) is 63.9. The third-order valence-corrected chi connectivity index (χ3v) is 15.7. The summed E-state index contributed by atoms with van der Waals surface area (Å²) in [4.78, 5) is 24.6. The second-order valence-corrected chi connectivity index (χ2v) is 23.1. The van der Waals surface area contributed by atoms with E-state index in [0.717, 1.165) is 38.5 Å². The summed E-state index contributed by atoms with van der Waals surface area (Å²) in [6.45, 7) is 4.97. The molecular weight excluding hydrogens is 911 g/mol. The standard InChI is InChI=1S/C68H131NO5/c1-3-5-7-9-11-13-15-17-18-19-28-32-35-38-42-46-50-54-58-62-68(73)74-63-59-55-51-47-43-39-36-33-30-27-25-23-21-20-22-24-26-29-31-34-37-41-45-49-53-57-61-67(72)69-65(64-70)66(71)60-56-52-48-44-40-16-14-12-10-8-6-4-2/h17-18,20,22,65-66,70-71H,3-16,19,21,23-64H2,1-2H3,(H,69,72)/b18-17-,22-20-. The lowest BCUT2D eigenvalue weighted by molar-refractivity contribution is -0.143. The molecule has 0 aliphatic heterocycles. The third-order valence-electron chi connectivity index (χ3n) is 15.7. The molecule has 0 aliphatic carbocycles. The first-order chi connectivity index (χ1) is 36.5. The van der Waals surface area contributed by atoms with Crippen LogP contribution in [0.2, 0.25) is 0 Å². The first-order valence-corrected chi connectivity index (χ1v) is 33.6. The van der Waals surface area contributed by atoms with Crippen LogP contribution in [0.5, 0.6) is 0 Å². The predicted octanol–water partition coefficient (Wildman–Crippen LogP) is 21.4. The van der Waals surface area contributed by atoms with E-state index in [-0.39, 0.29) is 18.5 Å². The van der Waals surface area contributed by atoms with Gasteiger partial charge in [0.25, 0.3) is 0 Å². The number of allylic oxidation sites excluding steroid dienone is 4. The number of aliphatic hydroxyl groups excluding tert-OH is 2. The SMILES string of the molecule is CCCCCCCC/C=C\CCCCCCCCCCCC(=O)OCCCCCCCCCCCCCC/C=C\CCCCCCCCCCCCC(=O)NC(CO)C(O)CCCCCCCCCCCCCC. The lowest BCUT2D eigenvalue weighted by Crippen LogP contribution is -2.45. The molecule has 0 aliphatic rings. The minimum atomic E-state index is -0.664. The molecule has 2 unspecified atom stereocenters. The second-order valence-electron chi connectivity index (χ2n) is 23.1. The topological polar surface area (TPSA) is 95.9 Å². The Morgan fingerprint density at radius 2 is 0.635 bits per heavy atom. The highest BCUT2D eigenvalue weighted by Crippen LogP contribution is 2.18. The lowest BCUT2D eigenvalue weighted by Gasteiger charge is -2.22. The number of carbonyl (C=O) groups excluding carboxylic acids is 2. The van der Waals surface area contributed by atoms with Crippen LogP contribution >= 0.6 is 0 Å². The summed E-state index contributed by atoms with van der Waals surface area (Å²) < 4.78 is 5.51. The Bertz CT molecular complexity index is 1150. The van der Waals surface area contributed by atoms with Crippen molar-refractivity contribution in [1.29, 1.82) is 0 Å². The average molecular weight is 1040 g/mol. The average Bonchev–Trinajstić information content (AvgIpc) is 3.40. The van der Waals surface area contributed by atoms with Gasteiger partial charge >= 0.3 is 5.97 Å². The molecule has 0 saturated carbocycles. The fourth-order valence-electron chi connectivity index (χ4n) is 10.6. The van der Waals surface area contributed by atoms with Crippen LogP contribution < -0.4 is 5.32 Å². The predicted molar refractivity (Wildman–Crippen MR) is 324 cm³/mol. The van der Waals surface area contributed by atoms with Gasteiger partial charge < -0.3 is 20.3 Å². The number of hydrogen-bond donors (Lipinski definition) is 3. The van der Waals surface area contributed by atoms with E-state index in [0.29, 0.717) is 25.9 Å². The van der Waals surface area contributed by atoms with E-state index in [2.05, 4.69) is 43.5 Å². The van der Waals surface area contributed by atoms with Crippen molar-refractivity contribution >= 4 is 11.9 Å². The van der Waals surface area contributed by atoms with E-state index in [1.165, 1.54) is 302 Å². The van der Waals surface area contributed by atoms with Gasteiger partial charge in [-0.2, -0.15) is 0 Å². The Balaban J connectivity index is 3.35. The fourth-order valence-corrected chi connectivity index (χ4v) is 10.6. The van der Waals surface area contributed by atoms with Crippen molar-refractivity contribution < 1.29 is 24.5 Å². The summed E-state index contributed by atoms with van der Waals surface area (Å²) in [5.41, 5.74) is 0. The van der Waals surface area contributed by atoms with Crippen molar-refractivity contribution in [2.24, 2.45) is 0 Å². The molecule has 0 heterocycles. The van der Waals surface area contributed by atoms with Gasteiger partial charge in [-0.15, -0.1) is 0 Å². The molecule has 0 spiro atoms. The van der Waals surface area contributed by atoms with Crippen molar-refractivity contribution in [1.82, 2.24) is 5.32 Å². The van der Waals surface area contributed by atoms with Gasteiger partial charge in [0.2, 0.25) is 5.91 Å². The van der Waals surface area contributed by atoms with Gasteiger partial charge in [-0.05, 0) is 77.0 Å². The number of amides is 1. The van der Waals surface area contributed by atoms with Crippen LogP contribution in [0.15, 0.2) is 24.3 Å². The Morgan fingerprint density at radius 3 is 0.959 bits per heavy atom. The maximum atomic E-state index is 12.5. The Morgan fingerprint density at radius 1 is 0.365 bits per heavy atom. The summed E-state index contributed by atoms with van der Waals surface area (Å²) in [5.74, 6) is -0.0214. The van der Waals surface area contributed by atoms with Gasteiger partial charge in [-0.25, -0.2) is 0 Å². The van der Waals surface area contributed by atoms with Gasteiger partial charge in [0.15, 0.2) is 0 Å². The molecule has 74 heavy (non-hydrogen) atoms. The molecule has 6 heteroatoms. The van der Waals surface area contributed by atoms with Crippen molar-refractivity contribution in [2.45, 2.75) is 386 Å². The molecule has 0 bridgehead atoms. The van der Waals surface area contributed by atoms with Crippen LogP contribution in [0.4, 0.5) is 0 Å². The highest BCUT2D eigenvalue weighted by Gasteiger charge is 2.20. The molecule has 2 atom stereocenters. The van der Waals surface area contributed by atoms with Crippen LogP contribution in [-0.4, -0.2) is 47.4 Å². The maximum absolute atomic E-state index is 12.5. The first kappa shape index (κ1) is 72.3. The molecule has 1 amide bonds. The monoisotopic (exact) mass is 1040 g/mol. The number of esters is 1. The van der Waals surface area contributed by atoms with Gasteiger partial charge in [-0.1, -0.05) is 308 Å². The molecule has 0 aromatic carbocycles. The normalized spacial score (nSPS) is 12.6. The highest BCUT2D eigenvalue weighted by molar-refractivity contribution is 5.76. The zero-order valence-electron chi connectivity index (χ0n) is 50.1. The van der Waals surface area contributed by atoms with Gasteiger partial charge in [0.1, 0.15) is 0 Å². The Hall–Kier alpha value is -1.66. The first-order valence-electron chi connectivity index (χ1n) is 33.6. The molecule has 0 aromatic rings. The lowest BCUT2D eigenvalue weighted by atomic mass is 10.0. The Kier molecular flexibility index (Phi) is 62.4. The number of unbranched alkanes of at least 4 members (excludes halogenated alkanes) is 48. The van der Waals surface area contributed by atoms with Gasteiger partial charge in [0, 0.05) is 12.8 Å². The summed E-state index contributed by atoms with van der Waals surface area (Å²) in [5, 5.41) is 23.2. The summed E-state index contributed by atoms with van der Waals surface area (Å²) >= 11 is 0. The van der Waals surface area contributed by atoms with Crippen molar-refractivity contribution in [3.05, 3.63) is 24.3 Å². The largest absolute Gasteiger partial charge is 0.466 e. The summed E-state index contributed by atoms with van der Waals surface area (Å²) in [7, 11) is 0. The van der Waals surface area contributed by atoms with Crippen molar-refractivity contribution in [2.75, 3.05) is 13.2 Å². The molecule has 438 valence electrons. The van der Waals surface area contributed by atoms with E-state index in [1.807, 2.05) is 0 Å². The molecule has 3 N–H and O–H groups in total. The number of nitrogens with one attached hydrogen (secondary N) is 1. The highest BCUT2D eigenvalue weighted by atomic mass is 16.5. The van der Waals surface area contributed by atoms with Crippen LogP contribution in [-0.2, 0) is 14.3 Å². The van der Waals surface area contributed by atoms with Crippen molar-refractivity contribution in [3.63, 3.8) is 0 Å². The minimum Gasteiger partial charge on any atom is -0.466 e. The summed E-state index contributed by atoms with van der Waals surface area (Å²) in [6.07, 6.45) is 79.3. The van der Waals surface area contributed by atoms with Gasteiger partial charge in [0.05, 0.1) is 25.4 Å². The molecule has 0 radical (unpaired) electrons. The van der Waals surface area contributed by atoms with E-state index < -0.39 is 12.1 Å². The van der Waals surface area contributed by atoms with Crippen molar-refractivity contribution in [3.8, 4) is 0 Å². The Labute approximate surface area is 462 Å². The minimum absolute atomic E-state index is 0.0144. The van der Waals surface area contributed by atoms with Gasteiger partial charge in [-0.3, -0.25) is 9.59 Å². The van der Waals surface area contributed by atoms with Crippen LogP contribution in [0.3, 0.4) is 0 Å². The quantitative estimate of drug-likeness (QED) is 0.0320. The zero-order chi connectivity index (χ0) is 53.6. The molecule has 0 fully saturated rings. The third kappa shape index (κ3) is 59.6. The molecule has 6 nitrogen and oxygen atoms in total. The van der Waals surface area contributed by atoms with E-state index in [4.69, 9.17) is 4.74 Å². The molecular formula is C68H131NO5. The smallest absolute Gasteiger partial charge is 0.305 e. The molecule has 0 saturated heterocycles. The van der Waals surface area contributed by atoms with E-state index in [9.17, 15) is 19.8 Å². The number of hydrogen-bond acceptors (Lipinski definition) is 5. The van der Waals surface area contributed by atoms with Crippen LogP contribution in [0, 0.1) is 0 Å². The van der Waals surface area contributed by atoms with Crippen LogP contribution in [0.25, 0.3) is 0 Å². The number of rotatable bonds is 63. The zero-order valence-corrected chi connectivity index (χ0v) is 50.1. The maximum Gasteiger partial charge on any atom is 0.305 e. The fraction of sp³-hybridized carbons (Fsp3) is 0.912. The number of ether oxygens (including phenoxy) is 1.